The second-order valence-electron chi connectivity index (χ2n) is 5.10. The number of nitrogens with zero attached hydrogens (tertiary/aromatic N) is 2. The standard InChI is InChI=1S/C15H20N4O/c1-8-6-7-13(9(2)16-8)18-11(4)14-10(3)17-12(5)19-15(14)20/h6-7,11,18H,1-5H3,(H,17,19,20). The molecule has 0 aliphatic rings. The fourth-order valence-corrected chi connectivity index (χ4v) is 2.39. The van der Waals surface area contributed by atoms with E-state index in [0.717, 1.165) is 22.8 Å². The molecule has 0 fully saturated rings. The first-order chi connectivity index (χ1) is 9.38. The molecule has 0 spiro atoms. The first-order valence-corrected chi connectivity index (χ1v) is 6.66. The number of hydrogen-bond donors (Lipinski definition) is 2. The molecule has 1 unspecified atom stereocenters. The van der Waals surface area contributed by atoms with Crippen LogP contribution in [0.4, 0.5) is 5.69 Å². The van der Waals surface area contributed by atoms with Gasteiger partial charge in [-0.3, -0.25) is 9.78 Å². The van der Waals surface area contributed by atoms with Crippen molar-refractivity contribution in [1.29, 1.82) is 0 Å². The number of pyridine rings is 1. The second kappa shape index (κ2) is 5.45. The van der Waals surface area contributed by atoms with Gasteiger partial charge in [-0.05, 0) is 46.8 Å². The summed E-state index contributed by atoms with van der Waals surface area (Å²) >= 11 is 0. The van der Waals surface area contributed by atoms with Crippen LogP contribution >= 0.6 is 0 Å². The molecule has 2 N–H and O–H groups in total. The zero-order valence-electron chi connectivity index (χ0n) is 12.5. The highest BCUT2D eigenvalue weighted by Gasteiger charge is 2.15. The number of aryl methyl sites for hydroxylation is 4. The summed E-state index contributed by atoms with van der Waals surface area (Å²) in [7, 11) is 0. The maximum Gasteiger partial charge on any atom is 0.256 e. The normalized spacial score (nSPS) is 12.2. The van der Waals surface area contributed by atoms with E-state index in [1.807, 2.05) is 39.8 Å². The first-order valence-electron chi connectivity index (χ1n) is 6.66. The van der Waals surface area contributed by atoms with Gasteiger partial charge in [0, 0.05) is 5.69 Å². The van der Waals surface area contributed by atoms with Gasteiger partial charge in [0.05, 0.1) is 28.7 Å². The predicted octanol–water partition coefficient (Wildman–Crippen LogP) is 2.57. The molecule has 0 radical (unpaired) electrons. The quantitative estimate of drug-likeness (QED) is 0.901. The van der Waals surface area contributed by atoms with Gasteiger partial charge in [-0.25, -0.2) is 4.98 Å². The third kappa shape index (κ3) is 2.87. The van der Waals surface area contributed by atoms with Crippen LogP contribution in [0, 0.1) is 27.7 Å². The zero-order chi connectivity index (χ0) is 14.9. The van der Waals surface area contributed by atoms with E-state index in [-0.39, 0.29) is 11.6 Å². The van der Waals surface area contributed by atoms with Crippen LogP contribution in [0.2, 0.25) is 0 Å². The second-order valence-corrected chi connectivity index (χ2v) is 5.10. The third-order valence-electron chi connectivity index (χ3n) is 3.29. The predicted molar refractivity (Wildman–Crippen MR) is 80.1 cm³/mol. The van der Waals surface area contributed by atoms with Gasteiger partial charge in [-0.15, -0.1) is 0 Å². The summed E-state index contributed by atoms with van der Waals surface area (Å²) in [6.07, 6.45) is 0. The number of aromatic nitrogens is 3. The largest absolute Gasteiger partial charge is 0.377 e. The molecular weight excluding hydrogens is 252 g/mol. The van der Waals surface area contributed by atoms with E-state index < -0.39 is 0 Å². The van der Waals surface area contributed by atoms with Crippen LogP contribution in [-0.2, 0) is 0 Å². The molecule has 0 bridgehead atoms. The van der Waals surface area contributed by atoms with E-state index in [2.05, 4.69) is 20.3 Å². The van der Waals surface area contributed by atoms with Gasteiger partial charge in [-0.2, -0.15) is 0 Å². The molecule has 0 saturated heterocycles. The summed E-state index contributed by atoms with van der Waals surface area (Å²) in [6, 6.07) is 3.81. The highest BCUT2D eigenvalue weighted by Crippen LogP contribution is 2.20. The van der Waals surface area contributed by atoms with Crippen LogP contribution < -0.4 is 10.9 Å². The smallest absolute Gasteiger partial charge is 0.256 e. The Kier molecular flexibility index (Phi) is 3.88. The van der Waals surface area contributed by atoms with Crippen LogP contribution in [0.5, 0.6) is 0 Å². The van der Waals surface area contributed by atoms with Crippen molar-refractivity contribution in [2.75, 3.05) is 5.32 Å². The van der Waals surface area contributed by atoms with E-state index in [1.54, 1.807) is 6.92 Å². The van der Waals surface area contributed by atoms with Crippen molar-refractivity contribution in [3.63, 3.8) is 0 Å². The maximum atomic E-state index is 12.1. The molecular formula is C15H20N4O. The van der Waals surface area contributed by atoms with Crippen molar-refractivity contribution in [3.05, 3.63) is 51.0 Å². The van der Waals surface area contributed by atoms with Crippen molar-refractivity contribution in [3.8, 4) is 0 Å². The Labute approximate surface area is 118 Å². The molecule has 20 heavy (non-hydrogen) atoms. The van der Waals surface area contributed by atoms with E-state index >= 15 is 0 Å². The monoisotopic (exact) mass is 272 g/mol. The Morgan fingerprint density at radius 1 is 1.10 bits per heavy atom. The first kappa shape index (κ1) is 14.2. The zero-order valence-corrected chi connectivity index (χ0v) is 12.5. The summed E-state index contributed by atoms with van der Waals surface area (Å²) in [5.74, 6) is 0.636. The molecule has 2 aromatic heterocycles. The molecule has 0 aromatic carbocycles. The lowest BCUT2D eigenvalue weighted by atomic mass is 10.1. The van der Waals surface area contributed by atoms with E-state index in [0.29, 0.717) is 11.4 Å². The molecule has 2 heterocycles. The molecule has 0 aliphatic carbocycles. The van der Waals surface area contributed by atoms with Crippen molar-refractivity contribution >= 4 is 5.69 Å². The van der Waals surface area contributed by atoms with Crippen molar-refractivity contribution in [1.82, 2.24) is 15.0 Å². The van der Waals surface area contributed by atoms with Crippen molar-refractivity contribution < 1.29 is 0 Å². The van der Waals surface area contributed by atoms with Gasteiger partial charge in [-0.1, -0.05) is 0 Å². The van der Waals surface area contributed by atoms with Crippen LogP contribution in [-0.4, -0.2) is 15.0 Å². The summed E-state index contributed by atoms with van der Waals surface area (Å²) in [5.41, 5.74) is 4.16. The summed E-state index contributed by atoms with van der Waals surface area (Å²) in [6.45, 7) is 9.50. The number of hydrogen-bond acceptors (Lipinski definition) is 4. The topological polar surface area (TPSA) is 70.7 Å². The molecule has 1 atom stereocenters. The Morgan fingerprint density at radius 3 is 2.40 bits per heavy atom. The molecule has 2 aromatic rings. The van der Waals surface area contributed by atoms with Crippen molar-refractivity contribution in [2.45, 2.75) is 40.7 Å². The highest BCUT2D eigenvalue weighted by molar-refractivity contribution is 5.49. The van der Waals surface area contributed by atoms with Crippen LogP contribution in [0.3, 0.4) is 0 Å². The molecule has 0 aliphatic heterocycles. The minimum Gasteiger partial charge on any atom is -0.377 e. The molecule has 2 rings (SSSR count). The maximum absolute atomic E-state index is 12.1. The Bertz CT molecular complexity index is 691. The minimum absolute atomic E-state index is 0.0901. The summed E-state index contributed by atoms with van der Waals surface area (Å²) in [5, 5.41) is 3.33. The molecule has 5 nitrogen and oxygen atoms in total. The van der Waals surface area contributed by atoms with Gasteiger partial charge < -0.3 is 10.3 Å². The fraction of sp³-hybridized carbons (Fsp3) is 0.400. The minimum atomic E-state index is -0.130. The lowest BCUT2D eigenvalue weighted by Crippen LogP contribution is -2.23. The van der Waals surface area contributed by atoms with E-state index in [1.165, 1.54) is 0 Å². The van der Waals surface area contributed by atoms with Gasteiger partial charge in [0.15, 0.2) is 0 Å². The van der Waals surface area contributed by atoms with Gasteiger partial charge >= 0.3 is 0 Å². The number of aromatic amines is 1. The molecule has 106 valence electrons. The van der Waals surface area contributed by atoms with Gasteiger partial charge in [0.1, 0.15) is 5.82 Å². The van der Waals surface area contributed by atoms with E-state index in [4.69, 9.17) is 0 Å². The number of anilines is 1. The van der Waals surface area contributed by atoms with Gasteiger partial charge in [0.25, 0.3) is 5.56 Å². The summed E-state index contributed by atoms with van der Waals surface area (Å²) in [4.78, 5) is 23.6. The number of nitrogens with one attached hydrogen (secondary N) is 2. The average Bonchev–Trinajstić information content (AvgIpc) is 2.31. The Hall–Kier alpha value is -2.17. The average molecular weight is 272 g/mol. The molecule has 0 amide bonds. The third-order valence-corrected chi connectivity index (χ3v) is 3.29. The lowest BCUT2D eigenvalue weighted by molar-refractivity contribution is 0.811. The summed E-state index contributed by atoms with van der Waals surface area (Å²) < 4.78 is 0. The Balaban J connectivity index is 2.33. The number of H-pyrrole nitrogens is 1. The van der Waals surface area contributed by atoms with Gasteiger partial charge in [0.2, 0.25) is 0 Å². The van der Waals surface area contributed by atoms with Crippen LogP contribution in [0.25, 0.3) is 0 Å². The lowest BCUT2D eigenvalue weighted by Gasteiger charge is -2.18. The highest BCUT2D eigenvalue weighted by atomic mass is 16.1. The SMILES string of the molecule is Cc1ccc(NC(C)c2c(C)nc(C)[nH]c2=O)c(C)n1. The fourth-order valence-electron chi connectivity index (χ4n) is 2.39. The van der Waals surface area contributed by atoms with Crippen LogP contribution in [0.1, 0.15) is 41.4 Å². The number of rotatable bonds is 3. The Morgan fingerprint density at radius 2 is 1.80 bits per heavy atom. The van der Waals surface area contributed by atoms with Crippen LogP contribution in [0.15, 0.2) is 16.9 Å². The van der Waals surface area contributed by atoms with Crippen molar-refractivity contribution in [2.24, 2.45) is 0 Å². The van der Waals surface area contributed by atoms with E-state index in [9.17, 15) is 4.79 Å². The molecule has 0 saturated carbocycles. The molecule has 5 heteroatoms.